The molecular formula is C10H16OS2. The summed E-state index contributed by atoms with van der Waals surface area (Å²) in [7, 11) is 0. The molecule has 3 heteroatoms. The summed E-state index contributed by atoms with van der Waals surface area (Å²) < 4.78 is 0. The molecule has 0 radical (unpaired) electrons. The van der Waals surface area contributed by atoms with Crippen molar-refractivity contribution < 1.29 is 5.11 Å². The van der Waals surface area contributed by atoms with Gasteiger partial charge in [-0.2, -0.15) is 11.8 Å². The number of hydrogen-bond acceptors (Lipinski definition) is 3. The summed E-state index contributed by atoms with van der Waals surface area (Å²) in [6.07, 6.45) is -0.293. The molecule has 1 heterocycles. The molecule has 0 aliphatic heterocycles. The molecule has 13 heavy (non-hydrogen) atoms. The van der Waals surface area contributed by atoms with Crippen molar-refractivity contribution in [3.05, 3.63) is 21.9 Å². The fourth-order valence-corrected chi connectivity index (χ4v) is 2.62. The Kier molecular flexibility index (Phi) is 4.29. The summed E-state index contributed by atoms with van der Waals surface area (Å²) in [6, 6.07) is 2.02. The zero-order chi connectivity index (χ0) is 9.84. The second-order valence-corrected chi connectivity index (χ2v) is 6.06. The Morgan fingerprint density at radius 1 is 1.54 bits per heavy atom. The highest BCUT2D eigenvalue weighted by atomic mass is 32.2. The van der Waals surface area contributed by atoms with Gasteiger partial charge in [0.2, 0.25) is 0 Å². The first-order chi connectivity index (χ1) is 6.11. The van der Waals surface area contributed by atoms with E-state index < -0.39 is 0 Å². The Hall–Kier alpha value is 0.01000. The van der Waals surface area contributed by atoms with Gasteiger partial charge in [0.15, 0.2) is 0 Å². The zero-order valence-electron chi connectivity index (χ0n) is 8.28. The number of rotatable bonds is 4. The van der Waals surface area contributed by atoms with E-state index in [9.17, 15) is 5.11 Å². The van der Waals surface area contributed by atoms with Crippen LogP contribution < -0.4 is 0 Å². The molecule has 0 aliphatic carbocycles. The van der Waals surface area contributed by atoms with Crippen LogP contribution in [0.5, 0.6) is 0 Å². The van der Waals surface area contributed by atoms with Crippen LogP contribution in [0.4, 0.5) is 0 Å². The number of thioether (sulfide) groups is 1. The minimum absolute atomic E-state index is 0.293. The van der Waals surface area contributed by atoms with Gasteiger partial charge in [-0.15, -0.1) is 11.3 Å². The van der Waals surface area contributed by atoms with Crippen LogP contribution in [0.25, 0.3) is 0 Å². The van der Waals surface area contributed by atoms with Gasteiger partial charge in [-0.25, -0.2) is 0 Å². The van der Waals surface area contributed by atoms with E-state index >= 15 is 0 Å². The molecule has 1 aromatic heterocycles. The fourth-order valence-electron chi connectivity index (χ4n) is 1.11. The van der Waals surface area contributed by atoms with Gasteiger partial charge in [0.05, 0.1) is 6.10 Å². The Bertz CT molecular complexity index is 255. The van der Waals surface area contributed by atoms with Crippen LogP contribution in [0.1, 0.15) is 30.4 Å². The topological polar surface area (TPSA) is 20.2 Å². The summed E-state index contributed by atoms with van der Waals surface area (Å²) in [6.45, 7) is 6.36. The van der Waals surface area contributed by atoms with E-state index in [0.717, 1.165) is 11.3 Å². The van der Waals surface area contributed by atoms with Crippen molar-refractivity contribution in [1.29, 1.82) is 0 Å². The van der Waals surface area contributed by atoms with Crippen LogP contribution in [-0.2, 0) is 0 Å². The fraction of sp³-hybridized carbons (Fsp3) is 0.600. The molecule has 0 saturated heterocycles. The Labute approximate surface area is 88.2 Å². The smallest absolute Gasteiger partial charge is 0.0891 e. The summed E-state index contributed by atoms with van der Waals surface area (Å²) in [5.41, 5.74) is 1.10. The second kappa shape index (κ2) is 5.03. The predicted molar refractivity (Wildman–Crippen MR) is 61.6 cm³/mol. The average molecular weight is 216 g/mol. The van der Waals surface area contributed by atoms with Crippen molar-refractivity contribution in [2.45, 2.75) is 32.1 Å². The van der Waals surface area contributed by atoms with Crippen LogP contribution in [0.15, 0.2) is 11.4 Å². The molecule has 1 nitrogen and oxygen atoms in total. The predicted octanol–water partition coefficient (Wildman–Crippen LogP) is 3.23. The van der Waals surface area contributed by atoms with Crippen molar-refractivity contribution in [3.8, 4) is 0 Å². The zero-order valence-corrected chi connectivity index (χ0v) is 9.91. The summed E-state index contributed by atoms with van der Waals surface area (Å²) in [5, 5.41) is 12.5. The SMILES string of the molecule is Cc1sccc1C(O)CSC(C)C. The molecule has 0 spiro atoms. The lowest BCUT2D eigenvalue weighted by molar-refractivity contribution is 0.204. The van der Waals surface area contributed by atoms with Gasteiger partial charge in [-0.3, -0.25) is 0 Å². The van der Waals surface area contributed by atoms with Crippen LogP contribution in [0.2, 0.25) is 0 Å². The maximum Gasteiger partial charge on any atom is 0.0891 e. The van der Waals surface area contributed by atoms with Crippen molar-refractivity contribution in [2.75, 3.05) is 5.75 Å². The number of aliphatic hydroxyl groups excluding tert-OH is 1. The number of aryl methyl sites for hydroxylation is 1. The molecule has 74 valence electrons. The minimum atomic E-state index is -0.293. The first-order valence-corrected chi connectivity index (χ1v) is 6.37. The summed E-state index contributed by atoms with van der Waals surface area (Å²) in [5.74, 6) is 0.801. The second-order valence-electron chi connectivity index (χ2n) is 3.33. The highest BCUT2D eigenvalue weighted by Gasteiger charge is 2.11. The van der Waals surface area contributed by atoms with E-state index in [-0.39, 0.29) is 6.10 Å². The molecule has 1 rings (SSSR count). The number of thiophene rings is 1. The number of hydrogen-bond donors (Lipinski definition) is 1. The summed E-state index contributed by atoms with van der Waals surface area (Å²) in [4.78, 5) is 1.23. The van der Waals surface area contributed by atoms with Gasteiger partial charge < -0.3 is 5.11 Å². The highest BCUT2D eigenvalue weighted by Crippen LogP contribution is 2.26. The standard InChI is InChI=1S/C10H16OS2/c1-7(2)13-6-10(11)9-4-5-12-8(9)3/h4-5,7,10-11H,6H2,1-3H3. The largest absolute Gasteiger partial charge is 0.388 e. The third-order valence-electron chi connectivity index (χ3n) is 1.85. The molecule has 1 atom stereocenters. The lowest BCUT2D eigenvalue weighted by atomic mass is 10.2. The molecule has 0 fully saturated rings. The van der Waals surface area contributed by atoms with Gasteiger partial charge in [-0.1, -0.05) is 13.8 Å². The van der Waals surface area contributed by atoms with Gasteiger partial charge in [0, 0.05) is 10.6 Å². The van der Waals surface area contributed by atoms with E-state index in [1.54, 1.807) is 23.1 Å². The molecule has 0 saturated carbocycles. The van der Waals surface area contributed by atoms with E-state index in [2.05, 4.69) is 20.8 Å². The lowest BCUT2D eigenvalue weighted by Gasteiger charge is -2.11. The van der Waals surface area contributed by atoms with Crippen molar-refractivity contribution in [2.24, 2.45) is 0 Å². The maximum absolute atomic E-state index is 9.82. The third-order valence-corrected chi connectivity index (χ3v) is 3.88. The maximum atomic E-state index is 9.82. The Balaban J connectivity index is 2.49. The van der Waals surface area contributed by atoms with Gasteiger partial charge in [-0.05, 0) is 29.2 Å². The highest BCUT2D eigenvalue weighted by molar-refractivity contribution is 7.99. The molecule has 1 aromatic rings. The third kappa shape index (κ3) is 3.33. The van der Waals surface area contributed by atoms with Crippen LogP contribution in [-0.4, -0.2) is 16.1 Å². The van der Waals surface area contributed by atoms with Gasteiger partial charge >= 0.3 is 0 Å². The molecule has 0 amide bonds. The van der Waals surface area contributed by atoms with Crippen molar-refractivity contribution in [3.63, 3.8) is 0 Å². The van der Waals surface area contributed by atoms with E-state index in [1.807, 2.05) is 11.4 Å². The average Bonchev–Trinajstić information content (AvgIpc) is 2.47. The van der Waals surface area contributed by atoms with Crippen LogP contribution in [0, 0.1) is 6.92 Å². The number of aliphatic hydroxyl groups is 1. The first-order valence-electron chi connectivity index (χ1n) is 4.45. The van der Waals surface area contributed by atoms with Crippen molar-refractivity contribution >= 4 is 23.1 Å². The molecule has 1 unspecified atom stereocenters. The normalized spacial score (nSPS) is 13.6. The molecule has 0 aliphatic rings. The summed E-state index contributed by atoms with van der Waals surface area (Å²) >= 11 is 3.50. The quantitative estimate of drug-likeness (QED) is 0.834. The first kappa shape index (κ1) is 11.1. The van der Waals surface area contributed by atoms with Crippen LogP contribution >= 0.6 is 23.1 Å². The molecule has 0 aromatic carbocycles. The van der Waals surface area contributed by atoms with E-state index in [4.69, 9.17) is 0 Å². The van der Waals surface area contributed by atoms with Gasteiger partial charge in [0.1, 0.15) is 0 Å². The Morgan fingerprint density at radius 3 is 2.69 bits per heavy atom. The lowest BCUT2D eigenvalue weighted by Crippen LogP contribution is -2.03. The van der Waals surface area contributed by atoms with Crippen molar-refractivity contribution in [1.82, 2.24) is 0 Å². The van der Waals surface area contributed by atoms with E-state index in [1.165, 1.54) is 4.88 Å². The molecule has 1 N–H and O–H groups in total. The molecule has 0 bridgehead atoms. The minimum Gasteiger partial charge on any atom is -0.388 e. The van der Waals surface area contributed by atoms with Crippen LogP contribution in [0.3, 0.4) is 0 Å². The molecular weight excluding hydrogens is 200 g/mol. The Morgan fingerprint density at radius 2 is 2.23 bits per heavy atom. The van der Waals surface area contributed by atoms with Gasteiger partial charge in [0.25, 0.3) is 0 Å². The van der Waals surface area contributed by atoms with E-state index in [0.29, 0.717) is 5.25 Å². The monoisotopic (exact) mass is 216 g/mol.